The molecule has 2 unspecified atom stereocenters. The van der Waals surface area contributed by atoms with Crippen molar-refractivity contribution in [1.82, 2.24) is 4.48 Å². The molecular formula is C45H40N+. The third-order valence-electron chi connectivity index (χ3n) is 11.4. The lowest BCUT2D eigenvalue weighted by Gasteiger charge is -2.33. The molecule has 0 N–H and O–H groups in total. The Hall–Kier alpha value is -4.72. The highest BCUT2D eigenvalue weighted by Crippen LogP contribution is 2.57. The van der Waals surface area contributed by atoms with Gasteiger partial charge in [-0.15, -0.1) is 0 Å². The van der Waals surface area contributed by atoms with Crippen molar-refractivity contribution < 1.29 is 0 Å². The number of quaternary nitrogens is 1. The molecule has 9 rings (SSSR count). The van der Waals surface area contributed by atoms with Crippen molar-refractivity contribution in [2.45, 2.75) is 50.9 Å². The number of fused-ring (bicyclic) bond motifs is 6. The van der Waals surface area contributed by atoms with Gasteiger partial charge in [0.05, 0.1) is 7.05 Å². The smallest absolute Gasteiger partial charge is 0.150 e. The van der Waals surface area contributed by atoms with E-state index in [9.17, 15) is 0 Å². The number of hydrogen-bond donors (Lipinski definition) is 0. The van der Waals surface area contributed by atoms with Crippen molar-refractivity contribution in [3.05, 3.63) is 161 Å². The molecule has 0 radical (unpaired) electrons. The van der Waals surface area contributed by atoms with Gasteiger partial charge in [-0.25, -0.2) is 4.48 Å². The number of hydrogen-bond acceptors (Lipinski definition) is 0. The molecule has 6 aromatic rings. The maximum atomic E-state index is 2.58. The van der Waals surface area contributed by atoms with E-state index in [0.29, 0.717) is 22.2 Å². The molecule has 1 heterocycles. The first-order valence-electron chi connectivity index (χ1n) is 17.0. The Morgan fingerprint density at radius 1 is 0.565 bits per heavy atom. The number of benzene rings is 6. The fraction of sp³-hybridized carbons (Fsp3) is 0.200. The Balaban J connectivity index is 1.09. The fourth-order valence-electron chi connectivity index (χ4n) is 8.71. The van der Waals surface area contributed by atoms with Gasteiger partial charge < -0.3 is 0 Å². The zero-order valence-electron chi connectivity index (χ0n) is 27.0. The van der Waals surface area contributed by atoms with Crippen LogP contribution in [0.4, 0.5) is 17.1 Å². The van der Waals surface area contributed by atoms with Gasteiger partial charge in [0.25, 0.3) is 0 Å². The molecule has 0 saturated heterocycles. The molecule has 2 atom stereocenters. The maximum Gasteiger partial charge on any atom is 0.150 e. The van der Waals surface area contributed by atoms with Gasteiger partial charge in [0.2, 0.25) is 0 Å². The summed E-state index contributed by atoms with van der Waals surface area (Å²) in [5, 5.41) is 0. The standard InChI is InChI=1S/C45H40N/c1-29-26-34(46(3)44-18-10-8-16-40(44)41-17-9-11-19-45(41)46)23-25-35(29)39-24-22-32(27-43(39)31-20-21-31)30(2)42-28-33-12-4-5-13-36(33)37-14-6-7-15-38(37)42/h4-19,22-27,30-31,42H,20-21,28H2,1-3H3/q+1. The van der Waals surface area contributed by atoms with E-state index in [1.165, 1.54) is 85.5 Å². The maximum absolute atomic E-state index is 2.58. The van der Waals surface area contributed by atoms with Crippen molar-refractivity contribution in [3.63, 3.8) is 0 Å². The summed E-state index contributed by atoms with van der Waals surface area (Å²) in [6, 6.07) is 50.6. The summed E-state index contributed by atoms with van der Waals surface area (Å²) < 4.78 is 0.700. The average Bonchev–Trinajstić information content (AvgIpc) is 3.93. The van der Waals surface area contributed by atoms with Crippen molar-refractivity contribution in [2.24, 2.45) is 0 Å². The Labute approximate surface area is 273 Å². The van der Waals surface area contributed by atoms with E-state index in [-0.39, 0.29) is 0 Å². The van der Waals surface area contributed by atoms with Crippen LogP contribution in [0, 0.1) is 6.92 Å². The van der Waals surface area contributed by atoms with Crippen LogP contribution >= 0.6 is 0 Å². The first-order chi connectivity index (χ1) is 22.5. The van der Waals surface area contributed by atoms with Crippen LogP contribution in [0.15, 0.2) is 133 Å². The third-order valence-corrected chi connectivity index (χ3v) is 11.4. The van der Waals surface area contributed by atoms with Crippen LogP contribution in [0.25, 0.3) is 33.4 Å². The number of para-hydroxylation sites is 2. The Bertz CT molecular complexity index is 2100. The van der Waals surface area contributed by atoms with E-state index in [2.05, 4.69) is 154 Å². The molecule has 0 bridgehead atoms. The molecule has 1 saturated carbocycles. The van der Waals surface area contributed by atoms with Gasteiger partial charge in [-0.1, -0.05) is 97.9 Å². The van der Waals surface area contributed by atoms with E-state index in [1.54, 1.807) is 5.56 Å². The number of aryl methyl sites for hydroxylation is 1. The second-order valence-corrected chi connectivity index (χ2v) is 14.0. The minimum atomic E-state index is 0.435. The molecular weight excluding hydrogens is 555 g/mol. The van der Waals surface area contributed by atoms with Crippen LogP contribution in [0.3, 0.4) is 0 Å². The molecule has 1 aliphatic heterocycles. The normalized spacial score (nSPS) is 17.8. The van der Waals surface area contributed by atoms with E-state index < -0.39 is 0 Å². The number of nitrogens with zero attached hydrogens (tertiary/aromatic N) is 1. The summed E-state index contributed by atoms with van der Waals surface area (Å²) >= 11 is 0. The topological polar surface area (TPSA) is 0 Å². The van der Waals surface area contributed by atoms with Crippen molar-refractivity contribution >= 4 is 17.1 Å². The summed E-state index contributed by atoms with van der Waals surface area (Å²) in [5.74, 6) is 1.58. The summed E-state index contributed by atoms with van der Waals surface area (Å²) in [7, 11) is 2.35. The quantitative estimate of drug-likeness (QED) is 0.174. The molecule has 0 spiro atoms. The van der Waals surface area contributed by atoms with Gasteiger partial charge in [-0.05, 0) is 112 Å². The van der Waals surface area contributed by atoms with Gasteiger partial charge >= 0.3 is 0 Å². The highest BCUT2D eigenvalue weighted by Gasteiger charge is 2.42. The van der Waals surface area contributed by atoms with E-state index in [4.69, 9.17) is 0 Å². The van der Waals surface area contributed by atoms with Crippen LogP contribution in [0.1, 0.15) is 65.3 Å². The van der Waals surface area contributed by atoms with Crippen LogP contribution < -0.4 is 4.48 Å². The molecule has 6 aromatic carbocycles. The van der Waals surface area contributed by atoms with Gasteiger partial charge in [0, 0.05) is 35.4 Å². The highest BCUT2D eigenvalue weighted by atomic mass is 15.4. The lowest BCUT2D eigenvalue weighted by Crippen LogP contribution is -2.31. The summed E-state index contributed by atoms with van der Waals surface area (Å²) in [6.07, 6.45) is 3.69. The second-order valence-electron chi connectivity index (χ2n) is 14.0. The predicted octanol–water partition coefficient (Wildman–Crippen LogP) is 12.2. The van der Waals surface area contributed by atoms with E-state index in [0.717, 1.165) is 6.42 Å². The Morgan fingerprint density at radius 2 is 1.15 bits per heavy atom. The Kier molecular flexibility index (Phi) is 6.24. The first-order valence-corrected chi connectivity index (χ1v) is 17.0. The first kappa shape index (κ1) is 27.6. The van der Waals surface area contributed by atoms with Crippen LogP contribution in [-0.2, 0) is 6.42 Å². The minimum absolute atomic E-state index is 0.435. The average molecular weight is 595 g/mol. The highest BCUT2D eigenvalue weighted by molar-refractivity contribution is 5.98. The summed E-state index contributed by atoms with van der Waals surface area (Å²) in [4.78, 5) is 0. The third kappa shape index (κ3) is 4.11. The molecule has 46 heavy (non-hydrogen) atoms. The molecule has 1 nitrogen and oxygen atoms in total. The molecule has 2 aliphatic carbocycles. The largest absolute Gasteiger partial charge is 0.228 e. The summed E-state index contributed by atoms with van der Waals surface area (Å²) in [5.41, 5.74) is 19.6. The van der Waals surface area contributed by atoms with Gasteiger partial charge in [0.15, 0.2) is 11.4 Å². The van der Waals surface area contributed by atoms with Gasteiger partial charge in [0.1, 0.15) is 5.69 Å². The molecule has 0 amide bonds. The summed E-state index contributed by atoms with van der Waals surface area (Å²) in [6.45, 7) is 4.76. The van der Waals surface area contributed by atoms with Crippen molar-refractivity contribution in [1.29, 1.82) is 0 Å². The van der Waals surface area contributed by atoms with Crippen LogP contribution in [0.2, 0.25) is 0 Å². The molecule has 0 aromatic heterocycles. The molecule has 1 heteroatoms. The molecule has 224 valence electrons. The van der Waals surface area contributed by atoms with E-state index >= 15 is 0 Å². The molecule has 3 aliphatic rings. The Morgan fingerprint density at radius 3 is 1.85 bits per heavy atom. The fourth-order valence-corrected chi connectivity index (χ4v) is 8.71. The monoisotopic (exact) mass is 594 g/mol. The zero-order valence-corrected chi connectivity index (χ0v) is 27.0. The van der Waals surface area contributed by atoms with Crippen LogP contribution in [0.5, 0.6) is 0 Å². The van der Waals surface area contributed by atoms with Crippen molar-refractivity contribution in [3.8, 4) is 33.4 Å². The van der Waals surface area contributed by atoms with Gasteiger partial charge in [-0.2, -0.15) is 0 Å². The minimum Gasteiger partial charge on any atom is -0.228 e. The lowest BCUT2D eigenvalue weighted by atomic mass is 9.71. The lowest BCUT2D eigenvalue weighted by molar-refractivity contribution is 0.567. The van der Waals surface area contributed by atoms with E-state index in [1.807, 2.05) is 0 Å². The number of rotatable bonds is 5. The SMILES string of the molecule is Cc1cc([N+]2(C)c3ccccc3-c3ccccc32)ccc1-c1ccc(C(C)C2Cc3ccccc3-c3ccccc32)cc1C1CC1. The predicted molar refractivity (Wildman–Crippen MR) is 194 cm³/mol. The molecule has 1 fully saturated rings. The van der Waals surface area contributed by atoms with Gasteiger partial charge in [-0.3, -0.25) is 0 Å². The zero-order chi connectivity index (χ0) is 31.0. The second kappa shape index (κ2) is 10.4. The van der Waals surface area contributed by atoms with Crippen LogP contribution in [-0.4, -0.2) is 7.05 Å². The van der Waals surface area contributed by atoms with Crippen molar-refractivity contribution in [2.75, 3.05) is 7.05 Å².